The molecule has 33 heavy (non-hydrogen) atoms. The number of pyridine rings is 1. The van der Waals surface area contributed by atoms with Gasteiger partial charge in [-0.1, -0.05) is 19.9 Å². The lowest BCUT2D eigenvalue weighted by Gasteiger charge is -2.55. The molecule has 1 aromatic rings. The van der Waals surface area contributed by atoms with Crippen molar-refractivity contribution in [1.29, 1.82) is 0 Å². The zero-order valence-corrected chi connectivity index (χ0v) is 19.8. The largest absolute Gasteiger partial charge is 0.465 e. The fraction of sp³-hybridized carbons (Fsp3) is 0.708. The molecule has 3 aliphatic rings. The molecular formula is C24H36N4O5. The van der Waals surface area contributed by atoms with Gasteiger partial charge in [-0.15, -0.1) is 0 Å². The standard InChI is InChI=1S/C24H36N4O5/c1-16(2)15-33-21(30)26-24-9-8-23(12-19(29)13-24,28(24)22(31)32)18-7-5-11-27(14-18)20-17(3)6-4-10-25-20/h4,6,10,16,18-19,29H,5,7-9,11-15H2,1-3H3,(H,26,30)(H,31,32). The minimum Gasteiger partial charge on any atom is -0.465 e. The van der Waals surface area contributed by atoms with Crippen LogP contribution in [0.4, 0.5) is 15.4 Å². The Kier molecular flexibility index (Phi) is 6.44. The highest BCUT2D eigenvalue weighted by atomic mass is 16.5. The molecule has 0 aromatic carbocycles. The van der Waals surface area contributed by atoms with Gasteiger partial charge in [0.05, 0.1) is 18.2 Å². The Hall–Kier alpha value is -2.55. The lowest BCUT2D eigenvalue weighted by Crippen LogP contribution is -2.71. The molecule has 0 radical (unpaired) electrons. The van der Waals surface area contributed by atoms with E-state index in [2.05, 4.69) is 15.2 Å². The Balaban J connectivity index is 1.62. The van der Waals surface area contributed by atoms with E-state index in [4.69, 9.17) is 4.74 Å². The highest BCUT2D eigenvalue weighted by Crippen LogP contribution is 2.54. The summed E-state index contributed by atoms with van der Waals surface area (Å²) in [5.74, 6) is 1.12. The Morgan fingerprint density at radius 3 is 2.82 bits per heavy atom. The number of aliphatic hydroxyl groups excluding tert-OH is 1. The molecule has 2 bridgehead atoms. The number of aliphatic hydroxyl groups is 1. The van der Waals surface area contributed by atoms with E-state index in [0.29, 0.717) is 25.8 Å². The Bertz CT molecular complexity index is 895. The van der Waals surface area contributed by atoms with Gasteiger partial charge in [0.15, 0.2) is 0 Å². The van der Waals surface area contributed by atoms with Crippen LogP contribution in [0.15, 0.2) is 18.3 Å². The summed E-state index contributed by atoms with van der Waals surface area (Å²) in [5, 5.41) is 24.1. The summed E-state index contributed by atoms with van der Waals surface area (Å²) in [5.41, 5.74) is -0.804. The van der Waals surface area contributed by atoms with Crippen molar-refractivity contribution in [3.63, 3.8) is 0 Å². The van der Waals surface area contributed by atoms with Gasteiger partial charge in [-0.05, 0) is 56.6 Å². The van der Waals surface area contributed by atoms with Gasteiger partial charge < -0.3 is 19.8 Å². The van der Waals surface area contributed by atoms with E-state index in [1.165, 1.54) is 4.90 Å². The number of hydrogen-bond donors (Lipinski definition) is 3. The average Bonchev–Trinajstić information content (AvgIpc) is 2.98. The summed E-state index contributed by atoms with van der Waals surface area (Å²) in [7, 11) is 0. The fourth-order valence-electron chi connectivity index (χ4n) is 6.31. The molecule has 3 N–H and O–H groups in total. The van der Waals surface area contributed by atoms with Gasteiger partial charge in [-0.3, -0.25) is 10.2 Å². The van der Waals surface area contributed by atoms with E-state index in [9.17, 15) is 19.8 Å². The third-order valence-electron chi connectivity index (χ3n) is 7.54. The number of carbonyl (C=O) groups is 2. The van der Waals surface area contributed by atoms with Crippen molar-refractivity contribution in [3.8, 4) is 0 Å². The number of nitrogens with zero attached hydrogens (tertiary/aromatic N) is 3. The molecule has 3 fully saturated rings. The van der Waals surface area contributed by atoms with Crippen LogP contribution < -0.4 is 10.2 Å². The van der Waals surface area contributed by atoms with Crippen molar-refractivity contribution >= 4 is 18.0 Å². The molecule has 4 heterocycles. The number of aryl methyl sites for hydroxylation is 1. The zero-order chi connectivity index (χ0) is 23.8. The summed E-state index contributed by atoms with van der Waals surface area (Å²) in [4.78, 5) is 33.5. The van der Waals surface area contributed by atoms with E-state index in [1.54, 1.807) is 6.20 Å². The Morgan fingerprint density at radius 2 is 2.12 bits per heavy atom. The lowest BCUT2D eigenvalue weighted by atomic mass is 9.72. The maximum absolute atomic E-state index is 12.7. The number of ether oxygens (including phenoxy) is 1. The second-order valence-corrected chi connectivity index (χ2v) is 10.4. The van der Waals surface area contributed by atoms with Crippen LogP contribution in [-0.2, 0) is 4.74 Å². The number of alkyl carbamates (subject to hydrolysis) is 1. The molecular weight excluding hydrogens is 424 g/mol. The summed E-state index contributed by atoms with van der Waals surface area (Å²) >= 11 is 0. The number of aromatic nitrogens is 1. The van der Waals surface area contributed by atoms with E-state index < -0.39 is 29.5 Å². The van der Waals surface area contributed by atoms with Gasteiger partial charge in [0.25, 0.3) is 0 Å². The van der Waals surface area contributed by atoms with Crippen LogP contribution in [0.1, 0.15) is 57.9 Å². The number of hydrogen-bond acceptors (Lipinski definition) is 6. The molecule has 4 atom stereocenters. The van der Waals surface area contributed by atoms with Gasteiger partial charge in [-0.2, -0.15) is 0 Å². The smallest absolute Gasteiger partial charge is 0.409 e. The number of anilines is 1. The second kappa shape index (κ2) is 9.00. The van der Waals surface area contributed by atoms with Crippen LogP contribution in [0.5, 0.6) is 0 Å². The number of fused-ring (bicyclic) bond motifs is 2. The first-order chi connectivity index (χ1) is 15.7. The Labute approximate surface area is 195 Å². The van der Waals surface area contributed by atoms with Crippen LogP contribution in [0, 0.1) is 18.8 Å². The van der Waals surface area contributed by atoms with Crippen molar-refractivity contribution in [2.75, 3.05) is 24.6 Å². The van der Waals surface area contributed by atoms with Crippen LogP contribution in [-0.4, -0.2) is 69.3 Å². The predicted molar refractivity (Wildman–Crippen MR) is 123 cm³/mol. The molecule has 4 unspecified atom stereocenters. The summed E-state index contributed by atoms with van der Waals surface area (Å²) in [6, 6.07) is 3.95. The lowest BCUT2D eigenvalue weighted by molar-refractivity contribution is -0.0848. The molecule has 0 spiro atoms. The van der Waals surface area contributed by atoms with Gasteiger partial charge >= 0.3 is 12.2 Å². The van der Waals surface area contributed by atoms with Gasteiger partial charge in [0.1, 0.15) is 11.5 Å². The summed E-state index contributed by atoms with van der Waals surface area (Å²) < 4.78 is 5.31. The van der Waals surface area contributed by atoms with Crippen molar-refractivity contribution in [1.82, 2.24) is 15.2 Å². The SMILES string of the molecule is Cc1cccnc1N1CCCC(C23CCC(NC(=O)OCC(C)C)(CC(O)C2)N3C(=O)O)C1. The Morgan fingerprint density at radius 1 is 1.33 bits per heavy atom. The number of rotatable bonds is 5. The third kappa shape index (κ3) is 4.35. The van der Waals surface area contributed by atoms with Crippen LogP contribution in [0.2, 0.25) is 0 Å². The predicted octanol–water partition coefficient (Wildman–Crippen LogP) is 3.35. The van der Waals surface area contributed by atoms with Gasteiger partial charge in [-0.25, -0.2) is 14.6 Å². The third-order valence-corrected chi connectivity index (χ3v) is 7.54. The maximum Gasteiger partial charge on any atom is 0.409 e. The van der Waals surface area contributed by atoms with Crippen molar-refractivity contribution < 1.29 is 24.5 Å². The van der Waals surface area contributed by atoms with Crippen LogP contribution >= 0.6 is 0 Å². The molecule has 9 nitrogen and oxygen atoms in total. The molecule has 2 amide bonds. The number of carboxylic acid groups (broad SMARTS) is 1. The highest BCUT2D eigenvalue weighted by Gasteiger charge is 2.65. The van der Waals surface area contributed by atoms with Crippen molar-refractivity contribution in [2.45, 2.75) is 76.6 Å². The quantitative estimate of drug-likeness (QED) is 0.617. The summed E-state index contributed by atoms with van der Waals surface area (Å²) in [6.07, 6.45) is 2.80. The topological polar surface area (TPSA) is 115 Å². The van der Waals surface area contributed by atoms with Crippen LogP contribution in [0.25, 0.3) is 0 Å². The van der Waals surface area contributed by atoms with Gasteiger partial charge in [0, 0.05) is 31.6 Å². The maximum atomic E-state index is 12.7. The molecule has 1 aromatic heterocycles. The normalized spacial score (nSPS) is 31.5. The van der Waals surface area contributed by atoms with E-state index in [1.807, 2.05) is 32.9 Å². The van der Waals surface area contributed by atoms with Crippen molar-refractivity contribution in [3.05, 3.63) is 23.9 Å². The molecule has 0 saturated carbocycles. The fourth-order valence-corrected chi connectivity index (χ4v) is 6.31. The monoisotopic (exact) mass is 460 g/mol. The zero-order valence-electron chi connectivity index (χ0n) is 19.8. The highest BCUT2D eigenvalue weighted by molar-refractivity contribution is 5.73. The first-order valence-corrected chi connectivity index (χ1v) is 12.0. The second-order valence-electron chi connectivity index (χ2n) is 10.4. The minimum absolute atomic E-state index is 0.0223. The van der Waals surface area contributed by atoms with E-state index >= 15 is 0 Å². The number of carbonyl (C=O) groups excluding carboxylic acids is 1. The van der Waals surface area contributed by atoms with E-state index in [0.717, 1.165) is 30.8 Å². The number of nitrogens with one attached hydrogen (secondary N) is 1. The molecule has 3 saturated heterocycles. The summed E-state index contributed by atoms with van der Waals surface area (Å²) in [6.45, 7) is 7.71. The molecule has 182 valence electrons. The molecule has 3 aliphatic heterocycles. The van der Waals surface area contributed by atoms with Gasteiger partial charge in [0.2, 0.25) is 0 Å². The van der Waals surface area contributed by atoms with Crippen molar-refractivity contribution in [2.24, 2.45) is 11.8 Å². The van der Waals surface area contributed by atoms with Crippen LogP contribution in [0.3, 0.4) is 0 Å². The molecule has 4 rings (SSSR count). The molecule has 0 aliphatic carbocycles. The average molecular weight is 461 g/mol. The first-order valence-electron chi connectivity index (χ1n) is 12.0. The number of piperidine rings is 2. The first kappa shape index (κ1) is 23.6. The number of amides is 2. The van der Waals surface area contributed by atoms with E-state index in [-0.39, 0.29) is 24.9 Å². The molecule has 9 heteroatoms. The minimum atomic E-state index is -1.15.